The van der Waals surface area contributed by atoms with Crippen LogP contribution in [0.4, 0.5) is 0 Å². The van der Waals surface area contributed by atoms with E-state index in [0.29, 0.717) is 0 Å². The molecule has 2 rings (SSSR count). The molecule has 0 aliphatic carbocycles. The number of hydrogen-bond acceptors (Lipinski definition) is 2. The summed E-state index contributed by atoms with van der Waals surface area (Å²) in [4.78, 5) is 14.3. The first-order chi connectivity index (χ1) is 7.79. The van der Waals surface area contributed by atoms with Crippen LogP contribution >= 0.6 is 0 Å². The predicted octanol–water partition coefficient (Wildman–Crippen LogP) is 1.65. The summed E-state index contributed by atoms with van der Waals surface area (Å²) in [5.41, 5.74) is 0.766. The number of hydrogen-bond donors (Lipinski definition) is 0. The van der Waals surface area contributed by atoms with E-state index >= 15 is 0 Å². The molecule has 16 heavy (non-hydrogen) atoms. The Hall–Kier alpha value is -0.921. The van der Waals surface area contributed by atoms with Crippen LogP contribution in [0.1, 0.15) is 29.6 Å². The van der Waals surface area contributed by atoms with Gasteiger partial charge in [-0.1, -0.05) is 0 Å². The minimum atomic E-state index is 0.113. The zero-order chi connectivity index (χ0) is 11.4. The van der Waals surface area contributed by atoms with Crippen LogP contribution in [-0.4, -0.2) is 43.9 Å². The summed E-state index contributed by atoms with van der Waals surface area (Å²) < 4.78 is 0.769. The van der Waals surface area contributed by atoms with Gasteiger partial charge in [-0.3, -0.25) is 0 Å². The van der Waals surface area contributed by atoms with Gasteiger partial charge in [0.2, 0.25) is 0 Å². The summed E-state index contributed by atoms with van der Waals surface area (Å²) in [6.45, 7) is 2.00. The van der Waals surface area contributed by atoms with Crippen molar-refractivity contribution in [1.29, 1.82) is 0 Å². The van der Waals surface area contributed by atoms with Gasteiger partial charge in [-0.15, -0.1) is 0 Å². The number of ketones is 1. The first kappa shape index (κ1) is 11.6. The molecule has 1 heterocycles. The van der Waals surface area contributed by atoms with Crippen LogP contribution in [-0.2, 0) is 0 Å². The van der Waals surface area contributed by atoms with E-state index in [-0.39, 0.29) is 5.78 Å². The fraction of sp³-hybridized carbons (Fsp3) is 0.385. The Kier molecular flexibility index (Phi) is 3.92. The van der Waals surface area contributed by atoms with Crippen molar-refractivity contribution in [1.82, 2.24) is 4.90 Å². The molecule has 1 aliphatic heterocycles. The molecule has 1 saturated heterocycles. The second-order valence-electron chi connectivity index (χ2n) is 4.05. The topological polar surface area (TPSA) is 20.3 Å². The van der Waals surface area contributed by atoms with E-state index < -0.39 is 0 Å². The van der Waals surface area contributed by atoms with Crippen molar-refractivity contribution in [3.05, 3.63) is 35.9 Å². The van der Waals surface area contributed by atoms with Gasteiger partial charge >= 0.3 is 104 Å². The van der Waals surface area contributed by atoms with Crippen molar-refractivity contribution in [2.24, 2.45) is 0 Å². The predicted molar refractivity (Wildman–Crippen MR) is 67.0 cm³/mol. The number of rotatable bonds is 3. The Labute approximate surface area is 104 Å². The van der Waals surface area contributed by atoms with E-state index in [2.05, 4.69) is 20.5 Å². The van der Waals surface area contributed by atoms with Crippen LogP contribution in [0, 0.1) is 0 Å². The standard InChI is InChI=1S/C13H15NOSe/c15-12(11-7-3-1-4-8-11)13(16)14-9-5-2-6-10-14/h1,3-4,7-8H,2,5-6,9-10H2. The van der Waals surface area contributed by atoms with Crippen LogP contribution < -0.4 is 0 Å². The maximum atomic E-state index is 12.1. The van der Waals surface area contributed by atoms with Gasteiger partial charge in [-0.2, -0.15) is 0 Å². The molecule has 2 nitrogen and oxygen atoms in total. The summed E-state index contributed by atoms with van der Waals surface area (Å²) in [5, 5.41) is 0. The number of benzene rings is 1. The molecule has 0 N–H and O–H groups in total. The summed E-state index contributed by atoms with van der Waals surface area (Å²) in [6, 6.07) is 9.46. The van der Waals surface area contributed by atoms with Gasteiger partial charge in [-0.05, 0) is 0 Å². The number of nitrogens with zero attached hydrogens (tertiary/aromatic N) is 1. The van der Waals surface area contributed by atoms with Gasteiger partial charge in [-0.25, -0.2) is 0 Å². The third-order valence-corrected chi connectivity index (χ3v) is 3.80. The van der Waals surface area contributed by atoms with Gasteiger partial charge in [0.05, 0.1) is 0 Å². The fourth-order valence-electron chi connectivity index (χ4n) is 1.95. The Bertz CT molecular complexity index is 382. The van der Waals surface area contributed by atoms with Crippen molar-refractivity contribution >= 4 is 25.9 Å². The quantitative estimate of drug-likeness (QED) is 0.620. The molecule has 1 fully saturated rings. The molecular weight excluding hydrogens is 265 g/mol. The third kappa shape index (κ3) is 2.60. The van der Waals surface area contributed by atoms with Gasteiger partial charge in [0, 0.05) is 0 Å². The molecule has 0 aromatic heterocycles. The number of carbonyl (C=O) groups is 1. The third-order valence-electron chi connectivity index (χ3n) is 2.87. The molecule has 0 spiro atoms. The molecule has 0 bridgehead atoms. The molecule has 1 aromatic carbocycles. The summed E-state index contributed by atoms with van der Waals surface area (Å²) >= 11 is 2.94. The van der Waals surface area contributed by atoms with E-state index in [1.165, 1.54) is 19.3 Å². The Morgan fingerprint density at radius 1 is 1.06 bits per heavy atom. The molecule has 84 valence electrons. The zero-order valence-corrected chi connectivity index (χ0v) is 10.9. The fourth-order valence-corrected chi connectivity index (χ4v) is 2.58. The van der Waals surface area contributed by atoms with Gasteiger partial charge < -0.3 is 0 Å². The average molecular weight is 280 g/mol. The van der Waals surface area contributed by atoms with Crippen LogP contribution in [0.15, 0.2) is 30.3 Å². The first-order valence-electron chi connectivity index (χ1n) is 5.67. The molecule has 0 atom stereocenters. The number of piperidine rings is 1. The molecular formula is C13H15NOSe. The van der Waals surface area contributed by atoms with Crippen molar-refractivity contribution in [2.75, 3.05) is 13.1 Å². The van der Waals surface area contributed by atoms with E-state index in [9.17, 15) is 4.79 Å². The Balaban J connectivity index is 2.07. The van der Waals surface area contributed by atoms with Crippen LogP contribution in [0.3, 0.4) is 0 Å². The molecule has 0 amide bonds. The second kappa shape index (κ2) is 5.42. The van der Waals surface area contributed by atoms with E-state index in [1.54, 1.807) is 0 Å². The summed E-state index contributed by atoms with van der Waals surface area (Å²) in [5.74, 6) is 0.113. The van der Waals surface area contributed by atoms with Crippen molar-refractivity contribution in [3.63, 3.8) is 0 Å². The molecule has 1 aliphatic rings. The van der Waals surface area contributed by atoms with Crippen LogP contribution in [0.5, 0.6) is 0 Å². The number of carbonyl (C=O) groups excluding carboxylic acids is 1. The molecule has 1 aromatic rings. The number of Topliss-reactive ketones (excluding diaryl/α,β-unsaturated/α-hetero) is 1. The van der Waals surface area contributed by atoms with Gasteiger partial charge in [0.15, 0.2) is 0 Å². The van der Waals surface area contributed by atoms with Crippen molar-refractivity contribution < 1.29 is 4.79 Å². The van der Waals surface area contributed by atoms with Gasteiger partial charge in [0.25, 0.3) is 0 Å². The maximum absolute atomic E-state index is 12.1. The second-order valence-corrected chi connectivity index (χ2v) is 4.86. The van der Waals surface area contributed by atoms with E-state index in [4.69, 9.17) is 0 Å². The Morgan fingerprint density at radius 3 is 2.31 bits per heavy atom. The van der Waals surface area contributed by atoms with Crippen LogP contribution in [0.2, 0.25) is 0 Å². The normalized spacial score (nSPS) is 15.9. The van der Waals surface area contributed by atoms with Crippen LogP contribution in [0.25, 0.3) is 0 Å². The summed E-state index contributed by atoms with van der Waals surface area (Å²) in [6.07, 6.45) is 3.66. The zero-order valence-electron chi connectivity index (χ0n) is 9.19. The first-order valence-corrected chi connectivity index (χ1v) is 6.53. The SMILES string of the molecule is O=C(C(=[Se])N1CCCCC1)c1ccccc1. The van der Waals surface area contributed by atoms with Gasteiger partial charge in [0.1, 0.15) is 0 Å². The van der Waals surface area contributed by atoms with Crippen molar-refractivity contribution in [2.45, 2.75) is 19.3 Å². The van der Waals surface area contributed by atoms with E-state index in [1.807, 2.05) is 30.3 Å². The summed E-state index contributed by atoms with van der Waals surface area (Å²) in [7, 11) is 0. The molecule has 0 radical (unpaired) electrons. The van der Waals surface area contributed by atoms with E-state index in [0.717, 1.165) is 23.2 Å². The minimum absolute atomic E-state index is 0.113. The molecule has 0 unspecified atom stereocenters. The average Bonchev–Trinajstić information content (AvgIpc) is 2.39. The monoisotopic (exact) mass is 281 g/mol. The Morgan fingerprint density at radius 2 is 1.69 bits per heavy atom. The number of likely N-dealkylation sites (tertiary alicyclic amines) is 1. The van der Waals surface area contributed by atoms with Crippen molar-refractivity contribution in [3.8, 4) is 0 Å². The molecule has 0 saturated carbocycles. The molecule has 3 heteroatoms.